The Kier molecular flexibility index (Phi) is 6.09. The van der Waals surface area contributed by atoms with Crippen molar-refractivity contribution < 1.29 is 13.2 Å². The Labute approximate surface area is 64.4 Å². The van der Waals surface area contributed by atoms with Gasteiger partial charge in [-0.05, 0) is 13.5 Å². The fourth-order valence-corrected chi connectivity index (χ4v) is 0.422. The zero-order chi connectivity index (χ0) is 7.49. The van der Waals surface area contributed by atoms with E-state index in [1.807, 2.05) is 0 Å². The lowest BCUT2D eigenvalue weighted by atomic mass is 10.3. The van der Waals surface area contributed by atoms with Crippen molar-refractivity contribution in [3.8, 4) is 0 Å². The van der Waals surface area contributed by atoms with Crippen LogP contribution in [0.25, 0.3) is 0 Å². The minimum atomic E-state index is -4.10. The van der Waals surface area contributed by atoms with Gasteiger partial charge in [0.15, 0.2) is 0 Å². The standard InChI is InChI=1S/C5H10F3N.ClH/c1-3-9-4(2)5(6,7)8;/h4,9H,3H2,1-2H3;1H. The van der Waals surface area contributed by atoms with Gasteiger partial charge in [0.25, 0.3) is 0 Å². The Morgan fingerprint density at radius 3 is 1.90 bits per heavy atom. The zero-order valence-corrected chi connectivity index (χ0v) is 6.64. The van der Waals surface area contributed by atoms with Gasteiger partial charge in [-0.1, -0.05) is 6.92 Å². The maximum absolute atomic E-state index is 11.6. The summed E-state index contributed by atoms with van der Waals surface area (Å²) in [5.74, 6) is 0. The van der Waals surface area contributed by atoms with Gasteiger partial charge in [-0.3, -0.25) is 0 Å². The Hall–Kier alpha value is 0.0400. The first-order chi connectivity index (χ1) is 3.98. The Morgan fingerprint density at radius 2 is 1.80 bits per heavy atom. The van der Waals surface area contributed by atoms with Gasteiger partial charge >= 0.3 is 6.18 Å². The number of hydrogen-bond donors (Lipinski definition) is 1. The number of nitrogens with one attached hydrogen (secondary N) is 1. The zero-order valence-electron chi connectivity index (χ0n) is 5.83. The highest BCUT2D eigenvalue weighted by Gasteiger charge is 2.34. The summed E-state index contributed by atoms with van der Waals surface area (Å²) in [6, 6.07) is -1.39. The normalized spacial score (nSPS) is 14.1. The summed E-state index contributed by atoms with van der Waals surface area (Å²) in [5, 5.41) is 2.26. The molecule has 0 amide bonds. The van der Waals surface area contributed by atoms with E-state index in [1.165, 1.54) is 0 Å². The van der Waals surface area contributed by atoms with Crippen LogP contribution in [0.15, 0.2) is 0 Å². The van der Waals surface area contributed by atoms with Crippen molar-refractivity contribution in [2.75, 3.05) is 6.54 Å². The molecule has 0 aromatic heterocycles. The van der Waals surface area contributed by atoms with E-state index in [1.54, 1.807) is 6.92 Å². The van der Waals surface area contributed by atoms with Gasteiger partial charge in [0.2, 0.25) is 0 Å². The second-order valence-corrected chi connectivity index (χ2v) is 1.82. The molecule has 0 saturated heterocycles. The minimum absolute atomic E-state index is 0. The first-order valence-corrected chi connectivity index (χ1v) is 2.78. The van der Waals surface area contributed by atoms with Gasteiger partial charge in [0, 0.05) is 0 Å². The lowest BCUT2D eigenvalue weighted by molar-refractivity contribution is -0.151. The fraction of sp³-hybridized carbons (Fsp3) is 1.00. The molecule has 0 saturated carbocycles. The molecule has 0 rings (SSSR count). The van der Waals surface area contributed by atoms with Gasteiger partial charge in [-0.2, -0.15) is 13.2 Å². The van der Waals surface area contributed by atoms with E-state index in [2.05, 4.69) is 5.32 Å². The molecular weight excluding hydrogens is 167 g/mol. The van der Waals surface area contributed by atoms with E-state index in [0.717, 1.165) is 6.92 Å². The van der Waals surface area contributed by atoms with Crippen LogP contribution in [-0.2, 0) is 0 Å². The lowest BCUT2D eigenvalue weighted by Gasteiger charge is -2.15. The molecule has 1 N–H and O–H groups in total. The largest absolute Gasteiger partial charge is 0.403 e. The number of alkyl halides is 3. The molecule has 0 fully saturated rings. The minimum Gasteiger partial charge on any atom is -0.307 e. The van der Waals surface area contributed by atoms with Crippen LogP contribution in [0, 0.1) is 0 Å². The van der Waals surface area contributed by atoms with Crippen molar-refractivity contribution in [1.29, 1.82) is 0 Å². The summed E-state index contributed by atoms with van der Waals surface area (Å²) >= 11 is 0. The average molecular weight is 178 g/mol. The number of rotatable bonds is 2. The van der Waals surface area contributed by atoms with Gasteiger partial charge in [-0.15, -0.1) is 12.4 Å². The molecule has 0 bridgehead atoms. The van der Waals surface area contributed by atoms with Crippen LogP contribution in [0.2, 0.25) is 0 Å². The Bertz CT molecular complexity index is 83.5. The molecular formula is C5H11ClF3N. The number of halogens is 4. The maximum Gasteiger partial charge on any atom is 0.403 e. The molecule has 64 valence electrons. The second kappa shape index (κ2) is 4.79. The van der Waals surface area contributed by atoms with E-state index in [0.29, 0.717) is 6.54 Å². The average Bonchev–Trinajstić information content (AvgIpc) is 1.64. The van der Waals surface area contributed by atoms with Crippen LogP contribution in [-0.4, -0.2) is 18.8 Å². The molecule has 1 nitrogen and oxygen atoms in total. The summed E-state index contributed by atoms with van der Waals surface area (Å²) in [6.07, 6.45) is -4.10. The van der Waals surface area contributed by atoms with Gasteiger partial charge in [0.1, 0.15) is 6.04 Å². The predicted molar refractivity (Wildman–Crippen MR) is 36.4 cm³/mol. The predicted octanol–water partition coefficient (Wildman–Crippen LogP) is 1.97. The molecule has 10 heavy (non-hydrogen) atoms. The quantitative estimate of drug-likeness (QED) is 0.680. The number of hydrogen-bond acceptors (Lipinski definition) is 1. The van der Waals surface area contributed by atoms with E-state index >= 15 is 0 Å². The van der Waals surface area contributed by atoms with E-state index in [9.17, 15) is 13.2 Å². The highest BCUT2D eigenvalue weighted by atomic mass is 35.5. The first kappa shape index (κ1) is 12.7. The summed E-state index contributed by atoms with van der Waals surface area (Å²) in [6.45, 7) is 3.09. The molecule has 1 atom stereocenters. The molecule has 0 aliphatic rings. The molecule has 0 aromatic rings. The topological polar surface area (TPSA) is 12.0 Å². The fourth-order valence-electron chi connectivity index (χ4n) is 0.422. The molecule has 0 heterocycles. The molecule has 0 aliphatic heterocycles. The van der Waals surface area contributed by atoms with Crippen molar-refractivity contribution in [2.24, 2.45) is 0 Å². The third-order valence-electron chi connectivity index (χ3n) is 1.00. The van der Waals surface area contributed by atoms with Crippen LogP contribution in [0.4, 0.5) is 13.2 Å². The monoisotopic (exact) mass is 177 g/mol. The highest BCUT2D eigenvalue weighted by molar-refractivity contribution is 5.85. The summed E-state index contributed by atoms with van der Waals surface area (Å²) < 4.78 is 34.7. The van der Waals surface area contributed by atoms with Crippen molar-refractivity contribution in [1.82, 2.24) is 5.32 Å². The Balaban J connectivity index is 0. The van der Waals surface area contributed by atoms with Gasteiger partial charge in [0.05, 0.1) is 0 Å². The van der Waals surface area contributed by atoms with Crippen LogP contribution >= 0.6 is 12.4 Å². The molecule has 0 aromatic carbocycles. The molecule has 0 radical (unpaired) electrons. The third-order valence-corrected chi connectivity index (χ3v) is 1.00. The van der Waals surface area contributed by atoms with Crippen LogP contribution in [0.3, 0.4) is 0 Å². The highest BCUT2D eigenvalue weighted by Crippen LogP contribution is 2.18. The maximum atomic E-state index is 11.6. The van der Waals surface area contributed by atoms with Crippen LogP contribution in [0.1, 0.15) is 13.8 Å². The van der Waals surface area contributed by atoms with E-state index in [-0.39, 0.29) is 12.4 Å². The molecule has 1 unspecified atom stereocenters. The van der Waals surface area contributed by atoms with Crippen molar-refractivity contribution in [2.45, 2.75) is 26.1 Å². The first-order valence-electron chi connectivity index (χ1n) is 2.78. The van der Waals surface area contributed by atoms with E-state index in [4.69, 9.17) is 0 Å². The second-order valence-electron chi connectivity index (χ2n) is 1.82. The van der Waals surface area contributed by atoms with E-state index < -0.39 is 12.2 Å². The van der Waals surface area contributed by atoms with Gasteiger partial charge < -0.3 is 5.32 Å². The lowest BCUT2D eigenvalue weighted by Crippen LogP contribution is -2.39. The molecule has 5 heteroatoms. The van der Waals surface area contributed by atoms with Crippen molar-refractivity contribution >= 4 is 12.4 Å². The summed E-state index contributed by atoms with van der Waals surface area (Å²) in [4.78, 5) is 0. The molecule has 0 aliphatic carbocycles. The smallest absolute Gasteiger partial charge is 0.307 e. The summed E-state index contributed by atoms with van der Waals surface area (Å²) in [7, 11) is 0. The van der Waals surface area contributed by atoms with Crippen LogP contribution < -0.4 is 5.32 Å². The van der Waals surface area contributed by atoms with Crippen LogP contribution in [0.5, 0.6) is 0 Å². The van der Waals surface area contributed by atoms with Gasteiger partial charge in [-0.25, -0.2) is 0 Å². The SMILES string of the molecule is CCNC(C)C(F)(F)F.Cl. The summed E-state index contributed by atoms with van der Waals surface area (Å²) in [5.41, 5.74) is 0. The Morgan fingerprint density at radius 1 is 1.40 bits per heavy atom. The third kappa shape index (κ3) is 4.88. The molecule has 0 spiro atoms. The van der Waals surface area contributed by atoms with Crippen molar-refractivity contribution in [3.63, 3.8) is 0 Å². The van der Waals surface area contributed by atoms with Crippen molar-refractivity contribution in [3.05, 3.63) is 0 Å².